The molecular weight excluding hydrogens is 394 g/mol. The summed E-state index contributed by atoms with van der Waals surface area (Å²) in [4.78, 5) is 15.6. The van der Waals surface area contributed by atoms with Gasteiger partial charge < -0.3 is 4.74 Å². The summed E-state index contributed by atoms with van der Waals surface area (Å²) in [6.07, 6.45) is 2.94. The lowest BCUT2D eigenvalue weighted by atomic mass is 10.3. The molecule has 1 aliphatic rings. The third-order valence-corrected chi connectivity index (χ3v) is 7.05. The summed E-state index contributed by atoms with van der Waals surface area (Å²) < 4.78 is 57.8. The Morgan fingerprint density at radius 2 is 2.07 bits per heavy atom. The summed E-state index contributed by atoms with van der Waals surface area (Å²) in [6, 6.07) is 7.15. The highest BCUT2D eigenvalue weighted by Crippen LogP contribution is 2.32. The van der Waals surface area contributed by atoms with E-state index in [0.29, 0.717) is 9.87 Å². The number of methoxy groups -OCH3 is 1. The highest BCUT2D eigenvalue weighted by molar-refractivity contribution is 7.94. The van der Waals surface area contributed by atoms with Crippen molar-refractivity contribution >= 4 is 31.6 Å². The third-order valence-electron chi connectivity index (χ3n) is 3.94. The van der Waals surface area contributed by atoms with Crippen LogP contribution in [0.4, 0.5) is 5.69 Å². The Morgan fingerprint density at radius 3 is 2.67 bits per heavy atom. The van der Waals surface area contributed by atoms with E-state index in [9.17, 15) is 21.6 Å². The highest BCUT2D eigenvalue weighted by atomic mass is 32.2. The van der Waals surface area contributed by atoms with Gasteiger partial charge in [0.2, 0.25) is 26.0 Å². The van der Waals surface area contributed by atoms with E-state index in [1.54, 1.807) is 18.3 Å². The number of carbonyl (C=O) groups is 1. The molecule has 27 heavy (non-hydrogen) atoms. The number of rotatable bonds is 6. The number of nitrogens with one attached hydrogen (secondary N) is 1. The van der Waals surface area contributed by atoms with Gasteiger partial charge in [-0.25, -0.2) is 25.9 Å². The van der Waals surface area contributed by atoms with Crippen molar-refractivity contribution in [3.63, 3.8) is 0 Å². The number of amides is 1. The van der Waals surface area contributed by atoms with E-state index in [-0.39, 0.29) is 35.1 Å². The number of aromatic nitrogens is 1. The average molecular weight is 411 g/mol. The van der Waals surface area contributed by atoms with Crippen molar-refractivity contribution < 1.29 is 26.4 Å². The molecule has 0 aliphatic carbocycles. The van der Waals surface area contributed by atoms with Crippen LogP contribution in [-0.2, 0) is 31.4 Å². The van der Waals surface area contributed by atoms with Gasteiger partial charge in [0.1, 0.15) is 10.6 Å². The Bertz CT molecular complexity index is 1070. The maximum atomic E-state index is 12.7. The molecule has 0 radical (unpaired) electrons. The summed E-state index contributed by atoms with van der Waals surface area (Å²) in [7, 11) is -6.55. The van der Waals surface area contributed by atoms with E-state index in [2.05, 4.69) is 9.71 Å². The zero-order chi connectivity index (χ0) is 19.7. The number of anilines is 1. The van der Waals surface area contributed by atoms with Crippen LogP contribution in [0.15, 0.2) is 47.6 Å². The Kier molecular flexibility index (Phi) is 5.18. The van der Waals surface area contributed by atoms with Crippen molar-refractivity contribution in [2.45, 2.75) is 17.9 Å². The van der Waals surface area contributed by atoms with Gasteiger partial charge in [-0.05, 0) is 29.8 Å². The van der Waals surface area contributed by atoms with Crippen molar-refractivity contribution in [2.75, 3.05) is 17.2 Å². The van der Waals surface area contributed by atoms with Crippen molar-refractivity contribution in [2.24, 2.45) is 0 Å². The zero-order valence-corrected chi connectivity index (χ0v) is 16.0. The van der Waals surface area contributed by atoms with Crippen LogP contribution in [0.25, 0.3) is 0 Å². The largest absolute Gasteiger partial charge is 0.495 e. The molecule has 2 aromatic rings. The van der Waals surface area contributed by atoms with Crippen LogP contribution >= 0.6 is 0 Å². The first-order valence-electron chi connectivity index (χ1n) is 7.87. The third kappa shape index (κ3) is 3.94. The van der Waals surface area contributed by atoms with Crippen molar-refractivity contribution in [1.29, 1.82) is 0 Å². The summed E-state index contributed by atoms with van der Waals surface area (Å²) in [5.74, 6) is -0.882. The monoisotopic (exact) mass is 411 g/mol. The molecule has 11 heteroatoms. The van der Waals surface area contributed by atoms with Crippen molar-refractivity contribution in [3.05, 3.63) is 48.3 Å². The lowest BCUT2D eigenvalue weighted by Crippen LogP contribution is -2.30. The standard InChI is InChI=1S/C16H17N3O6S2/c1-25-14-5-4-13(19-16(20)6-8-26(19,21)22)9-15(14)27(23,24)18-11-12-3-2-7-17-10-12/h2-5,7,9-10,18H,6,8,11H2,1H3. The van der Waals surface area contributed by atoms with Crippen LogP contribution in [0.2, 0.25) is 0 Å². The Balaban J connectivity index is 1.97. The zero-order valence-electron chi connectivity index (χ0n) is 14.3. The lowest BCUT2D eigenvalue weighted by molar-refractivity contribution is -0.116. The van der Waals surface area contributed by atoms with Crippen LogP contribution in [0.3, 0.4) is 0 Å². The number of hydrogen-bond acceptors (Lipinski definition) is 7. The van der Waals surface area contributed by atoms with Gasteiger partial charge >= 0.3 is 0 Å². The molecule has 9 nitrogen and oxygen atoms in total. The molecule has 1 N–H and O–H groups in total. The van der Waals surface area contributed by atoms with Crippen LogP contribution in [0.5, 0.6) is 5.75 Å². The molecule has 0 bridgehead atoms. The van der Waals surface area contributed by atoms with Gasteiger partial charge in [-0.1, -0.05) is 6.07 Å². The van der Waals surface area contributed by atoms with E-state index < -0.39 is 26.0 Å². The van der Waals surface area contributed by atoms with Gasteiger partial charge in [-0.15, -0.1) is 0 Å². The fourth-order valence-electron chi connectivity index (χ4n) is 2.63. The second-order valence-corrected chi connectivity index (χ2v) is 9.42. The minimum atomic E-state index is -4.04. The summed E-state index contributed by atoms with van der Waals surface area (Å²) in [5.41, 5.74) is 0.605. The van der Waals surface area contributed by atoms with E-state index in [0.717, 1.165) is 6.07 Å². The Morgan fingerprint density at radius 1 is 1.30 bits per heavy atom. The first-order chi connectivity index (χ1) is 12.7. The highest BCUT2D eigenvalue weighted by Gasteiger charge is 2.37. The minimum Gasteiger partial charge on any atom is -0.495 e. The normalized spacial score (nSPS) is 16.5. The molecule has 1 aliphatic heterocycles. The molecular formula is C16H17N3O6S2. The minimum absolute atomic E-state index is 0.00943. The van der Waals surface area contributed by atoms with Crippen molar-refractivity contribution in [1.82, 2.24) is 9.71 Å². The molecule has 0 unspecified atom stereocenters. The van der Waals surface area contributed by atoms with Gasteiger partial charge in [0.25, 0.3) is 0 Å². The predicted molar refractivity (Wildman–Crippen MR) is 97.1 cm³/mol. The first-order valence-corrected chi connectivity index (χ1v) is 11.0. The van der Waals surface area contributed by atoms with E-state index in [1.807, 2.05) is 0 Å². The summed E-state index contributed by atoms with van der Waals surface area (Å²) in [5, 5.41) is 0. The smallest absolute Gasteiger partial charge is 0.244 e. The Labute approximate surface area is 157 Å². The molecule has 2 heterocycles. The van der Waals surface area contributed by atoms with Gasteiger partial charge in [0.15, 0.2) is 0 Å². The molecule has 1 aromatic carbocycles. The molecule has 1 saturated heterocycles. The van der Waals surface area contributed by atoms with Crippen LogP contribution in [-0.4, -0.2) is 40.6 Å². The Hall–Kier alpha value is -2.50. The fourth-order valence-corrected chi connectivity index (χ4v) is 5.29. The number of nitrogens with zero attached hydrogens (tertiary/aromatic N) is 2. The maximum Gasteiger partial charge on any atom is 0.244 e. The fraction of sp³-hybridized carbons (Fsp3) is 0.250. The van der Waals surface area contributed by atoms with Crippen LogP contribution in [0, 0.1) is 0 Å². The van der Waals surface area contributed by atoms with Crippen molar-refractivity contribution in [3.8, 4) is 5.75 Å². The van der Waals surface area contributed by atoms with Gasteiger partial charge in [-0.2, -0.15) is 0 Å². The molecule has 1 amide bonds. The second kappa shape index (κ2) is 7.25. The number of carbonyl (C=O) groups excluding carboxylic acids is 1. The van der Waals surface area contributed by atoms with Gasteiger partial charge in [0.05, 0.1) is 18.6 Å². The van der Waals surface area contributed by atoms with Crippen LogP contribution in [0.1, 0.15) is 12.0 Å². The molecule has 1 aromatic heterocycles. The van der Waals surface area contributed by atoms with E-state index in [4.69, 9.17) is 4.74 Å². The van der Waals surface area contributed by atoms with Gasteiger partial charge in [-0.3, -0.25) is 9.78 Å². The van der Waals surface area contributed by atoms with Crippen LogP contribution < -0.4 is 13.8 Å². The molecule has 3 rings (SSSR count). The average Bonchev–Trinajstić information content (AvgIpc) is 2.93. The molecule has 0 spiro atoms. The number of hydrogen-bond donors (Lipinski definition) is 1. The predicted octanol–water partition coefficient (Wildman–Crippen LogP) is 0.635. The number of pyridine rings is 1. The quantitative estimate of drug-likeness (QED) is 0.740. The lowest BCUT2D eigenvalue weighted by Gasteiger charge is -2.18. The van der Waals surface area contributed by atoms with E-state index in [1.165, 1.54) is 25.4 Å². The second-order valence-electron chi connectivity index (χ2n) is 5.75. The number of ether oxygens (including phenoxy) is 1. The van der Waals surface area contributed by atoms with Gasteiger partial charge in [0, 0.05) is 25.4 Å². The first kappa shape index (κ1) is 19.3. The number of benzene rings is 1. The topological polar surface area (TPSA) is 123 Å². The van der Waals surface area contributed by atoms with E-state index >= 15 is 0 Å². The SMILES string of the molecule is COc1ccc(N2C(=O)CCS2(=O)=O)cc1S(=O)(=O)NCc1cccnc1. The molecule has 0 saturated carbocycles. The molecule has 1 fully saturated rings. The maximum absolute atomic E-state index is 12.7. The number of sulfonamides is 2. The summed E-state index contributed by atoms with van der Waals surface area (Å²) in [6.45, 7) is -0.00943. The molecule has 144 valence electrons. The summed E-state index contributed by atoms with van der Waals surface area (Å²) >= 11 is 0. The molecule has 0 atom stereocenters.